The lowest BCUT2D eigenvalue weighted by molar-refractivity contribution is 0.0940. The van der Waals surface area contributed by atoms with E-state index in [9.17, 15) is 4.79 Å². The summed E-state index contributed by atoms with van der Waals surface area (Å²) in [6.07, 6.45) is 5.39. The molecule has 1 aliphatic heterocycles. The number of fused-ring (bicyclic) bond motifs is 2. The normalized spacial score (nSPS) is 17.8. The van der Waals surface area contributed by atoms with Gasteiger partial charge in [0.25, 0.3) is 5.91 Å². The van der Waals surface area contributed by atoms with Crippen molar-refractivity contribution in [3.05, 3.63) is 48.2 Å². The smallest absolute Gasteiger partial charge is 0.251 e. The molecule has 6 rings (SSSR count). The van der Waals surface area contributed by atoms with Gasteiger partial charge in [0, 0.05) is 43.3 Å². The van der Waals surface area contributed by atoms with E-state index in [2.05, 4.69) is 42.6 Å². The molecule has 3 aromatic heterocycles. The van der Waals surface area contributed by atoms with Gasteiger partial charge in [0.15, 0.2) is 5.82 Å². The molecule has 33 heavy (non-hydrogen) atoms. The van der Waals surface area contributed by atoms with Gasteiger partial charge in [0.1, 0.15) is 5.65 Å². The Hall–Kier alpha value is -3.23. The summed E-state index contributed by atoms with van der Waals surface area (Å²) in [5.74, 6) is 1.60. The summed E-state index contributed by atoms with van der Waals surface area (Å²) in [7, 11) is 3.54. The van der Waals surface area contributed by atoms with E-state index in [0.717, 1.165) is 65.6 Å². The summed E-state index contributed by atoms with van der Waals surface area (Å²) in [6, 6.07) is 12.3. The topological polar surface area (TPSA) is 103 Å². The van der Waals surface area contributed by atoms with Gasteiger partial charge in [-0.15, -0.1) is 0 Å². The van der Waals surface area contributed by atoms with Crippen molar-refractivity contribution >= 4 is 28.0 Å². The number of benzene rings is 1. The molecular weight excluding hydrogens is 414 g/mol. The third-order valence-electron chi connectivity index (χ3n) is 6.56. The largest absolute Gasteiger partial charge is 0.348 e. The summed E-state index contributed by atoms with van der Waals surface area (Å²) < 4.78 is 4.43. The lowest BCUT2D eigenvalue weighted by Gasteiger charge is -2.11. The van der Waals surface area contributed by atoms with E-state index in [-0.39, 0.29) is 11.9 Å². The van der Waals surface area contributed by atoms with Crippen molar-refractivity contribution < 1.29 is 4.79 Å². The molecule has 0 bridgehead atoms. The number of amides is 1. The van der Waals surface area contributed by atoms with E-state index >= 15 is 0 Å². The molecule has 4 N–H and O–H groups in total. The first-order chi connectivity index (χ1) is 16.2. The van der Waals surface area contributed by atoms with E-state index in [1.54, 1.807) is 0 Å². The van der Waals surface area contributed by atoms with Gasteiger partial charge >= 0.3 is 0 Å². The molecule has 1 aliphatic carbocycles. The van der Waals surface area contributed by atoms with Crippen molar-refractivity contribution in [1.82, 2.24) is 29.7 Å². The lowest BCUT2D eigenvalue weighted by atomic mass is 10.1. The highest BCUT2D eigenvalue weighted by Crippen LogP contribution is 2.35. The zero-order chi connectivity index (χ0) is 22.9. The minimum atomic E-state index is -0.0325. The van der Waals surface area contributed by atoms with Crippen LogP contribution in [-0.2, 0) is 13.6 Å². The van der Waals surface area contributed by atoms with Crippen LogP contribution in [-0.4, -0.2) is 51.2 Å². The van der Waals surface area contributed by atoms with E-state index in [0.29, 0.717) is 5.56 Å². The highest BCUT2D eigenvalue weighted by molar-refractivity contribution is 5.98. The monoisotopic (exact) mass is 445 g/mol. The standard InChI is InChI=1S/C24H26N6O.CH5N/c1-29-20-7-6-17(24(31)27-18-8-10-25-13-18)11-19(20)28-23(29)21-12-16-3-2-9-26-22(16)30(21)14-15-4-5-15;1-2/h2-3,6-7,9,11-12,15,18,25H,4-5,8,10,13-14H2,1H3,(H,27,31);2H2,1H3/t18-;/m0./s1. The minimum Gasteiger partial charge on any atom is -0.348 e. The number of hydrogen-bond acceptors (Lipinski definition) is 5. The number of rotatable bonds is 5. The Morgan fingerprint density at radius 3 is 2.82 bits per heavy atom. The molecule has 0 spiro atoms. The Morgan fingerprint density at radius 1 is 1.21 bits per heavy atom. The highest BCUT2D eigenvalue weighted by atomic mass is 16.1. The number of carbonyl (C=O) groups is 1. The molecule has 1 atom stereocenters. The Bertz CT molecular complexity index is 1300. The number of aromatic nitrogens is 4. The molecule has 4 aromatic rings. The third kappa shape index (κ3) is 4.12. The molecule has 1 saturated carbocycles. The predicted molar refractivity (Wildman–Crippen MR) is 131 cm³/mol. The SMILES string of the molecule is CN.Cn1c(-c2cc3cccnc3n2CC2CC2)nc2cc(C(=O)N[C@H]3CCNC3)ccc21. The quantitative estimate of drug-likeness (QED) is 0.438. The zero-order valence-electron chi connectivity index (χ0n) is 19.2. The summed E-state index contributed by atoms with van der Waals surface area (Å²) >= 11 is 0. The average Bonchev–Trinajstić information content (AvgIpc) is 3.23. The van der Waals surface area contributed by atoms with Crippen LogP contribution in [0.5, 0.6) is 0 Å². The maximum Gasteiger partial charge on any atom is 0.251 e. The Kier molecular flexibility index (Phi) is 5.86. The van der Waals surface area contributed by atoms with E-state index < -0.39 is 0 Å². The van der Waals surface area contributed by atoms with Crippen LogP contribution >= 0.6 is 0 Å². The van der Waals surface area contributed by atoms with E-state index in [1.807, 2.05) is 37.5 Å². The summed E-state index contributed by atoms with van der Waals surface area (Å²) in [5.41, 5.74) is 9.12. The lowest BCUT2D eigenvalue weighted by Crippen LogP contribution is -2.36. The van der Waals surface area contributed by atoms with Gasteiger partial charge in [-0.3, -0.25) is 4.79 Å². The second-order valence-electron chi connectivity index (χ2n) is 8.86. The second kappa shape index (κ2) is 8.96. The summed E-state index contributed by atoms with van der Waals surface area (Å²) in [6.45, 7) is 2.76. The average molecular weight is 446 g/mol. The number of nitrogens with zero attached hydrogens (tertiary/aromatic N) is 4. The third-order valence-corrected chi connectivity index (χ3v) is 6.56. The molecule has 1 aromatic carbocycles. The van der Waals surface area contributed by atoms with Crippen LogP contribution in [0.25, 0.3) is 33.6 Å². The van der Waals surface area contributed by atoms with Gasteiger partial charge in [-0.1, -0.05) is 0 Å². The first-order valence-electron chi connectivity index (χ1n) is 11.7. The van der Waals surface area contributed by atoms with Gasteiger partial charge in [-0.25, -0.2) is 9.97 Å². The molecule has 8 heteroatoms. The van der Waals surface area contributed by atoms with E-state index in [1.165, 1.54) is 19.9 Å². The maximum absolute atomic E-state index is 12.7. The van der Waals surface area contributed by atoms with Crippen molar-refractivity contribution in [3.8, 4) is 11.5 Å². The van der Waals surface area contributed by atoms with E-state index in [4.69, 9.17) is 4.98 Å². The first-order valence-corrected chi connectivity index (χ1v) is 11.7. The van der Waals surface area contributed by atoms with Gasteiger partial charge in [0.2, 0.25) is 0 Å². The Labute approximate surface area is 193 Å². The van der Waals surface area contributed by atoms with Crippen LogP contribution in [0.1, 0.15) is 29.6 Å². The number of aryl methyl sites for hydroxylation is 1. The summed E-state index contributed by atoms with van der Waals surface area (Å²) in [5, 5.41) is 7.54. The highest BCUT2D eigenvalue weighted by Gasteiger charge is 2.26. The number of imidazole rings is 1. The first kappa shape index (κ1) is 21.6. The Morgan fingerprint density at radius 2 is 2.06 bits per heavy atom. The van der Waals surface area contributed by atoms with Crippen molar-refractivity contribution in [1.29, 1.82) is 0 Å². The Balaban J connectivity index is 0.00000111. The van der Waals surface area contributed by atoms with Crippen LogP contribution in [0, 0.1) is 5.92 Å². The number of carbonyl (C=O) groups excluding carboxylic acids is 1. The maximum atomic E-state index is 12.7. The van der Waals surface area contributed by atoms with Crippen LogP contribution < -0.4 is 16.4 Å². The van der Waals surface area contributed by atoms with Crippen molar-refractivity contribution in [2.24, 2.45) is 18.7 Å². The number of hydrogen-bond donors (Lipinski definition) is 3. The molecule has 2 fully saturated rings. The summed E-state index contributed by atoms with van der Waals surface area (Å²) in [4.78, 5) is 22.3. The fraction of sp³-hybridized carbons (Fsp3) is 0.400. The van der Waals surface area contributed by atoms with Crippen molar-refractivity contribution in [2.45, 2.75) is 31.8 Å². The fourth-order valence-corrected chi connectivity index (χ4v) is 4.63. The number of pyridine rings is 1. The predicted octanol–water partition coefficient (Wildman–Crippen LogP) is 2.67. The van der Waals surface area contributed by atoms with Gasteiger partial charge in [-0.05, 0) is 75.2 Å². The number of nitrogens with one attached hydrogen (secondary N) is 2. The molecule has 1 amide bonds. The minimum absolute atomic E-state index is 0.0325. The molecule has 0 radical (unpaired) electrons. The van der Waals surface area contributed by atoms with Gasteiger partial charge in [-0.2, -0.15) is 0 Å². The molecular formula is C25H31N7O. The molecule has 2 aliphatic rings. The molecule has 4 heterocycles. The van der Waals surface area contributed by atoms with Crippen LogP contribution in [0.3, 0.4) is 0 Å². The van der Waals surface area contributed by atoms with Gasteiger partial charge < -0.3 is 25.5 Å². The fourth-order valence-electron chi connectivity index (χ4n) is 4.63. The van der Waals surface area contributed by atoms with Gasteiger partial charge in [0.05, 0.1) is 16.7 Å². The van der Waals surface area contributed by atoms with Crippen LogP contribution in [0.4, 0.5) is 0 Å². The van der Waals surface area contributed by atoms with Crippen LogP contribution in [0.2, 0.25) is 0 Å². The second-order valence-corrected chi connectivity index (χ2v) is 8.86. The number of nitrogens with two attached hydrogens (primary N) is 1. The molecule has 1 saturated heterocycles. The molecule has 8 nitrogen and oxygen atoms in total. The molecule has 172 valence electrons. The van der Waals surface area contributed by atoms with Crippen molar-refractivity contribution in [3.63, 3.8) is 0 Å². The van der Waals surface area contributed by atoms with Crippen LogP contribution in [0.15, 0.2) is 42.6 Å². The molecule has 0 unspecified atom stereocenters. The zero-order valence-corrected chi connectivity index (χ0v) is 19.2. The van der Waals surface area contributed by atoms with Crippen molar-refractivity contribution in [2.75, 3.05) is 20.1 Å².